The molecule has 0 saturated heterocycles. The van der Waals surface area contributed by atoms with Crippen LogP contribution in [0, 0.1) is 12.8 Å². The maximum atomic E-state index is 13.4. The van der Waals surface area contributed by atoms with Gasteiger partial charge in [-0.2, -0.15) is 0 Å². The molecule has 1 aliphatic rings. The maximum Gasteiger partial charge on any atom is 0.264 e. The van der Waals surface area contributed by atoms with E-state index in [1.807, 2.05) is 37.3 Å². The van der Waals surface area contributed by atoms with Crippen LogP contribution < -0.4 is 5.32 Å². The number of aryl methyl sites for hydroxylation is 1. The summed E-state index contributed by atoms with van der Waals surface area (Å²) in [6, 6.07) is 9.53. The summed E-state index contributed by atoms with van der Waals surface area (Å²) in [6.07, 6.45) is 8.85. The van der Waals surface area contributed by atoms with Crippen LogP contribution in [0.25, 0.3) is 0 Å². The number of nitrogens with zero attached hydrogens (tertiary/aromatic N) is 3. The summed E-state index contributed by atoms with van der Waals surface area (Å²) >= 11 is 1.34. The van der Waals surface area contributed by atoms with Gasteiger partial charge in [-0.05, 0) is 60.7 Å². The lowest BCUT2D eigenvalue weighted by atomic mass is 10.2. The number of nitrogens with one attached hydrogen (secondary N) is 1. The normalized spacial score (nSPS) is 13.1. The number of hydrogen-bond donors (Lipinski definition) is 1. The molecule has 0 spiro atoms. The van der Waals surface area contributed by atoms with E-state index in [0.717, 1.165) is 34.5 Å². The Labute approximate surface area is 173 Å². The maximum absolute atomic E-state index is 13.4. The molecule has 0 aliphatic heterocycles. The SMILES string of the molecule is Cc1cc(NC(=O)C2CC2)sc1C(=O)N(Cc1ccncc1)Cc1cccnc1. The van der Waals surface area contributed by atoms with Gasteiger partial charge in [0.2, 0.25) is 5.91 Å². The van der Waals surface area contributed by atoms with E-state index in [1.165, 1.54) is 11.3 Å². The van der Waals surface area contributed by atoms with E-state index in [2.05, 4.69) is 15.3 Å². The average molecular weight is 407 g/mol. The molecule has 7 heteroatoms. The van der Waals surface area contributed by atoms with Crippen LogP contribution in [0.3, 0.4) is 0 Å². The molecule has 1 saturated carbocycles. The molecular formula is C22H22N4O2S. The fourth-order valence-corrected chi connectivity index (χ4v) is 4.13. The van der Waals surface area contributed by atoms with Crippen LogP contribution in [0.4, 0.5) is 5.00 Å². The van der Waals surface area contributed by atoms with Gasteiger partial charge in [0.05, 0.1) is 9.88 Å². The van der Waals surface area contributed by atoms with Crippen molar-refractivity contribution in [2.75, 3.05) is 5.32 Å². The highest BCUT2D eigenvalue weighted by Crippen LogP contribution is 2.33. The van der Waals surface area contributed by atoms with Gasteiger partial charge in [-0.25, -0.2) is 0 Å². The Morgan fingerprint density at radius 1 is 1.10 bits per heavy atom. The Hall–Kier alpha value is -3.06. The van der Waals surface area contributed by atoms with Gasteiger partial charge in [0.15, 0.2) is 0 Å². The van der Waals surface area contributed by atoms with Gasteiger partial charge in [-0.15, -0.1) is 11.3 Å². The van der Waals surface area contributed by atoms with Crippen molar-refractivity contribution in [3.05, 3.63) is 76.7 Å². The fraction of sp³-hybridized carbons (Fsp3) is 0.273. The lowest BCUT2D eigenvalue weighted by molar-refractivity contribution is -0.117. The van der Waals surface area contributed by atoms with Crippen LogP contribution in [0.2, 0.25) is 0 Å². The Bertz CT molecular complexity index is 959. The van der Waals surface area contributed by atoms with Gasteiger partial charge in [0, 0.05) is 43.8 Å². The number of carbonyl (C=O) groups is 2. The molecule has 0 unspecified atom stereocenters. The Morgan fingerprint density at radius 2 is 1.86 bits per heavy atom. The van der Waals surface area contributed by atoms with Crippen LogP contribution >= 0.6 is 11.3 Å². The summed E-state index contributed by atoms with van der Waals surface area (Å²) in [7, 11) is 0. The zero-order chi connectivity index (χ0) is 20.2. The molecule has 1 aliphatic carbocycles. The van der Waals surface area contributed by atoms with Gasteiger partial charge in [0.1, 0.15) is 0 Å². The number of rotatable bonds is 7. The zero-order valence-electron chi connectivity index (χ0n) is 16.2. The topological polar surface area (TPSA) is 75.2 Å². The molecule has 3 aromatic heterocycles. The summed E-state index contributed by atoms with van der Waals surface area (Å²) in [6.45, 7) is 2.83. The van der Waals surface area contributed by atoms with Crippen molar-refractivity contribution in [1.82, 2.24) is 14.9 Å². The van der Waals surface area contributed by atoms with E-state index >= 15 is 0 Å². The molecule has 6 nitrogen and oxygen atoms in total. The first-order valence-electron chi connectivity index (χ1n) is 9.58. The summed E-state index contributed by atoms with van der Waals surface area (Å²) in [4.78, 5) is 36.1. The van der Waals surface area contributed by atoms with Crippen molar-refractivity contribution in [1.29, 1.82) is 0 Å². The minimum atomic E-state index is -0.0555. The molecule has 1 N–H and O–H groups in total. The molecule has 1 fully saturated rings. The fourth-order valence-electron chi connectivity index (χ4n) is 3.09. The number of pyridine rings is 2. The van der Waals surface area contributed by atoms with Crippen molar-refractivity contribution in [3.8, 4) is 0 Å². The minimum absolute atomic E-state index is 0.0502. The van der Waals surface area contributed by atoms with Crippen molar-refractivity contribution >= 4 is 28.2 Å². The van der Waals surface area contributed by atoms with E-state index in [0.29, 0.717) is 18.0 Å². The van der Waals surface area contributed by atoms with Gasteiger partial charge >= 0.3 is 0 Å². The number of carbonyl (C=O) groups excluding carboxylic acids is 2. The monoisotopic (exact) mass is 406 g/mol. The van der Waals surface area contributed by atoms with E-state index in [-0.39, 0.29) is 17.7 Å². The van der Waals surface area contributed by atoms with Crippen LogP contribution in [0.5, 0.6) is 0 Å². The van der Waals surface area contributed by atoms with Gasteiger partial charge in [-0.3, -0.25) is 19.6 Å². The average Bonchev–Trinajstić information content (AvgIpc) is 3.52. The molecule has 2 amide bonds. The molecule has 3 heterocycles. The zero-order valence-corrected chi connectivity index (χ0v) is 17.0. The minimum Gasteiger partial charge on any atom is -0.329 e. The molecular weight excluding hydrogens is 384 g/mol. The second-order valence-electron chi connectivity index (χ2n) is 7.26. The third-order valence-corrected chi connectivity index (χ3v) is 5.95. The van der Waals surface area contributed by atoms with Crippen molar-refractivity contribution in [2.24, 2.45) is 5.92 Å². The van der Waals surface area contributed by atoms with Gasteiger partial charge in [-0.1, -0.05) is 6.07 Å². The standard InChI is InChI=1S/C22H22N4O2S/c1-15-11-19(25-21(27)18-4-5-18)29-20(15)22(28)26(13-16-6-9-23-10-7-16)14-17-3-2-8-24-12-17/h2-3,6-12,18H,4-5,13-14H2,1H3,(H,25,27). The highest BCUT2D eigenvalue weighted by Gasteiger charge is 2.30. The smallest absolute Gasteiger partial charge is 0.264 e. The third-order valence-electron chi connectivity index (χ3n) is 4.81. The summed E-state index contributed by atoms with van der Waals surface area (Å²) < 4.78 is 0. The van der Waals surface area contributed by atoms with Crippen molar-refractivity contribution < 1.29 is 9.59 Å². The summed E-state index contributed by atoms with van der Waals surface area (Å²) in [5.41, 5.74) is 2.84. The van der Waals surface area contributed by atoms with Crippen LogP contribution in [-0.2, 0) is 17.9 Å². The number of thiophene rings is 1. The molecule has 0 radical (unpaired) electrons. The third kappa shape index (κ3) is 4.86. The number of anilines is 1. The van der Waals surface area contributed by atoms with E-state index in [1.54, 1.807) is 29.7 Å². The first kappa shape index (κ1) is 19.3. The van der Waals surface area contributed by atoms with Crippen LogP contribution in [0.15, 0.2) is 55.1 Å². The first-order valence-corrected chi connectivity index (χ1v) is 10.4. The second-order valence-corrected chi connectivity index (χ2v) is 8.32. The number of aromatic nitrogens is 2. The lowest BCUT2D eigenvalue weighted by Gasteiger charge is -2.22. The summed E-state index contributed by atoms with van der Waals surface area (Å²) in [5.74, 6) is 0.125. The Morgan fingerprint density at radius 3 is 2.55 bits per heavy atom. The molecule has 4 rings (SSSR count). The molecule has 3 aromatic rings. The lowest BCUT2D eigenvalue weighted by Crippen LogP contribution is -2.30. The van der Waals surface area contributed by atoms with Crippen LogP contribution in [-0.4, -0.2) is 26.7 Å². The van der Waals surface area contributed by atoms with E-state index in [9.17, 15) is 9.59 Å². The molecule has 0 bridgehead atoms. The van der Waals surface area contributed by atoms with Gasteiger partial charge in [0.25, 0.3) is 5.91 Å². The second kappa shape index (κ2) is 8.53. The van der Waals surface area contributed by atoms with E-state index < -0.39 is 0 Å². The van der Waals surface area contributed by atoms with Crippen molar-refractivity contribution in [2.45, 2.75) is 32.9 Å². The highest BCUT2D eigenvalue weighted by atomic mass is 32.1. The molecule has 148 valence electrons. The van der Waals surface area contributed by atoms with E-state index in [4.69, 9.17) is 0 Å². The molecule has 29 heavy (non-hydrogen) atoms. The number of hydrogen-bond acceptors (Lipinski definition) is 5. The Balaban J connectivity index is 1.56. The first-order chi connectivity index (χ1) is 14.1. The molecule has 0 atom stereocenters. The number of amides is 2. The highest BCUT2D eigenvalue weighted by molar-refractivity contribution is 7.18. The van der Waals surface area contributed by atoms with Gasteiger partial charge < -0.3 is 10.2 Å². The Kier molecular flexibility index (Phi) is 5.67. The largest absolute Gasteiger partial charge is 0.329 e. The van der Waals surface area contributed by atoms with Crippen LogP contribution in [0.1, 0.15) is 39.2 Å². The summed E-state index contributed by atoms with van der Waals surface area (Å²) in [5, 5.41) is 3.68. The molecule has 0 aromatic carbocycles. The quantitative estimate of drug-likeness (QED) is 0.643. The predicted molar refractivity (Wildman–Crippen MR) is 112 cm³/mol. The van der Waals surface area contributed by atoms with Crippen molar-refractivity contribution in [3.63, 3.8) is 0 Å². The predicted octanol–water partition coefficient (Wildman–Crippen LogP) is 4.04.